The zero-order chi connectivity index (χ0) is 22.2. The molecule has 3 unspecified atom stereocenters. The first-order valence-electron chi connectivity index (χ1n) is 10.1. The van der Waals surface area contributed by atoms with Crippen LogP contribution in [0.1, 0.15) is 5.56 Å². The number of amides is 2. The van der Waals surface area contributed by atoms with Gasteiger partial charge in [0, 0.05) is 10.0 Å². The van der Waals surface area contributed by atoms with Gasteiger partial charge >= 0.3 is 0 Å². The van der Waals surface area contributed by atoms with Crippen LogP contribution in [0.4, 0.5) is 11.4 Å². The topological polar surface area (TPSA) is 49.9 Å². The van der Waals surface area contributed by atoms with Crippen molar-refractivity contribution < 1.29 is 14.4 Å². The number of halogens is 2. The molecule has 2 amide bonds. The Labute approximate surface area is 195 Å². The summed E-state index contributed by atoms with van der Waals surface area (Å²) >= 11 is 12.0. The van der Waals surface area contributed by atoms with E-state index in [2.05, 4.69) is 0 Å². The molecule has 0 bridgehead atoms. The van der Waals surface area contributed by atoms with Crippen LogP contribution < -0.4 is 9.96 Å². The fourth-order valence-electron chi connectivity index (χ4n) is 4.08. The van der Waals surface area contributed by atoms with Gasteiger partial charge in [-0.25, -0.2) is 9.96 Å². The Balaban J connectivity index is 1.51. The van der Waals surface area contributed by atoms with Crippen molar-refractivity contribution in [2.75, 3.05) is 9.96 Å². The molecule has 2 heterocycles. The van der Waals surface area contributed by atoms with Crippen LogP contribution in [0.2, 0.25) is 10.0 Å². The van der Waals surface area contributed by atoms with Crippen molar-refractivity contribution in [3.05, 3.63) is 101 Å². The van der Waals surface area contributed by atoms with Gasteiger partial charge in [-0.2, -0.15) is 0 Å². The van der Waals surface area contributed by atoms with Crippen LogP contribution in [-0.4, -0.2) is 24.0 Å². The monoisotopic (exact) mass is 464 g/mol. The third-order valence-electron chi connectivity index (χ3n) is 5.61. The Morgan fingerprint density at radius 2 is 1.38 bits per heavy atom. The van der Waals surface area contributed by atoms with E-state index in [4.69, 9.17) is 28.0 Å². The fourth-order valence-corrected chi connectivity index (χ4v) is 4.33. The molecule has 0 N–H and O–H groups in total. The summed E-state index contributed by atoms with van der Waals surface area (Å²) in [6.45, 7) is 0. The van der Waals surface area contributed by atoms with Crippen molar-refractivity contribution in [2.45, 2.75) is 12.1 Å². The molecule has 32 heavy (non-hydrogen) atoms. The van der Waals surface area contributed by atoms with Crippen molar-refractivity contribution in [3.8, 4) is 0 Å². The molecule has 2 aliphatic rings. The SMILES string of the molecule is O=C1C2ON(c3ccccc3)C(/C=C/c3ccc(Cl)cc3)C2C(=O)N1c1ccc(Cl)cc1. The zero-order valence-corrected chi connectivity index (χ0v) is 18.3. The first kappa shape index (κ1) is 20.8. The Bertz CT molecular complexity index is 1180. The minimum Gasteiger partial charge on any atom is -0.273 e. The van der Waals surface area contributed by atoms with Crippen LogP contribution >= 0.6 is 23.2 Å². The Morgan fingerprint density at radius 3 is 2.03 bits per heavy atom. The number of nitrogens with zero attached hydrogens (tertiary/aromatic N) is 2. The van der Waals surface area contributed by atoms with Crippen molar-refractivity contribution in [3.63, 3.8) is 0 Å². The number of imide groups is 1. The fraction of sp³-hybridized carbons (Fsp3) is 0.120. The minimum atomic E-state index is -0.904. The number of hydroxylamine groups is 1. The molecule has 7 heteroatoms. The Hall–Kier alpha value is -3.12. The molecule has 0 spiro atoms. The lowest BCUT2D eigenvalue weighted by atomic mass is 9.95. The first-order chi connectivity index (χ1) is 15.5. The van der Waals surface area contributed by atoms with Crippen LogP contribution in [0.5, 0.6) is 0 Å². The molecule has 2 aliphatic heterocycles. The lowest BCUT2D eigenvalue weighted by Gasteiger charge is -2.26. The number of hydrogen-bond donors (Lipinski definition) is 0. The second-order valence-electron chi connectivity index (χ2n) is 7.60. The molecular weight excluding hydrogens is 447 g/mol. The van der Waals surface area contributed by atoms with Gasteiger partial charge in [0.25, 0.3) is 5.91 Å². The van der Waals surface area contributed by atoms with Gasteiger partial charge in [0.1, 0.15) is 5.92 Å². The van der Waals surface area contributed by atoms with Gasteiger partial charge in [0.05, 0.1) is 17.4 Å². The molecule has 0 saturated carbocycles. The van der Waals surface area contributed by atoms with Gasteiger partial charge < -0.3 is 0 Å². The average molecular weight is 465 g/mol. The third kappa shape index (κ3) is 3.69. The summed E-state index contributed by atoms with van der Waals surface area (Å²) in [5.41, 5.74) is 2.18. The van der Waals surface area contributed by atoms with Crippen molar-refractivity contribution in [1.29, 1.82) is 0 Å². The zero-order valence-electron chi connectivity index (χ0n) is 16.8. The van der Waals surface area contributed by atoms with Crippen molar-refractivity contribution in [1.82, 2.24) is 0 Å². The van der Waals surface area contributed by atoms with E-state index < -0.39 is 18.1 Å². The second kappa shape index (κ2) is 8.43. The molecule has 0 aromatic heterocycles. The predicted molar refractivity (Wildman–Crippen MR) is 126 cm³/mol. The maximum Gasteiger partial charge on any atom is 0.266 e. The van der Waals surface area contributed by atoms with Crippen molar-refractivity contribution >= 4 is 52.5 Å². The highest BCUT2D eigenvalue weighted by molar-refractivity contribution is 6.31. The highest BCUT2D eigenvalue weighted by Gasteiger charge is 2.59. The molecule has 5 nitrogen and oxygen atoms in total. The maximum absolute atomic E-state index is 13.4. The molecule has 3 aromatic carbocycles. The van der Waals surface area contributed by atoms with E-state index in [9.17, 15) is 9.59 Å². The standard InChI is InChI=1S/C25H18Cl2N2O3/c26-17-9-6-16(7-10-17)8-15-21-22-23(32-29(21)20-4-2-1-3-5-20)25(31)28(24(22)30)19-13-11-18(27)12-14-19/h1-15,21-23H/b15-8+. The molecule has 3 atom stereocenters. The predicted octanol–water partition coefficient (Wildman–Crippen LogP) is 5.39. The van der Waals surface area contributed by atoms with E-state index >= 15 is 0 Å². The first-order valence-corrected chi connectivity index (χ1v) is 10.9. The van der Waals surface area contributed by atoms with Gasteiger partial charge in [0.2, 0.25) is 5.91 Å². The maximum atomic E-state index is 13.4. The van der Waals surface area contributed by atoms with Crippen LogP contribution in [0.3, 0.4) is 0 Å². The molecule has 0 radical (unpaired) electrons. The highest BCUT2D eigenvalue weighted by atomic mass is 35.5. The smallest absolute Gasteiger partial charge is 0.266 e. The number of rotatable bonds is 4. The number of hydrogen-bond acceptors (Lipinski definition) is 4. The van der Waals surface area contributed by atoms with E-state index in [0.29, 0.717) is 15.7 Å². The van der Waals surface area contributed by atoms with E-state index in [0.717, 1.165) is 11.3 Å². The quantitative estimate of drug-likeness (QED) is 0.486. The number of fused-ring (bicyclic) bond motifs is 1. The number of para-hydroxylation sites is 1. The lowest BCUT2D eigenvalue weighted by molar-refractivity contribution is -0.126. The lowest BCUT2D eigenvalue weighted by Crippen LogP contribution is -2.39. The summed E-state index contributed by atoms with van der Waals surface area (Å²) in [6.07, 6.45) is 2.90. The summed E-state index contributed by atoms with van der Waals surface area (Å²) < 4.78 is 0. The van der Waals surface area contributed by atoms with E-state index in [1.54, 1.807) is 41.5 Å². The number of carbonyl (C=O) groups is 2. The van der Waals surface area contributed by atoms with Crippen molar-refractivity contribution in [2.24, 2.45) is 5.92 Å². The molecular formula is C25H18Cl2N2O3. The second-order valence-corrected chi connectivity index (χ2v) is 8.48. The third-order valence-corrected chi connectivity index (χ3v) is 6.12. The molecule has 5 rings (SSSR count). The van der Waals surface area contributed by atoms with E-state index in [-0.39, 0.29) is 11.8 Å². The highest BCUT2D eigenvalue weighted by Crippen LogP contribution is 2.41. The normalized spacial score (nSPS) is 22.8. The number of benzene rings is 3. The van der Waals surface area contributed by atoms with Gasteiger partial charge in [-0.05, 0) is 54.1 Å². The molecule has 3 aromatic rings. The molecule has 0 aliphatic carbocycles. The Morgan fingerprint density at radius 1 is 0.750 bits per heavy atom. The van der Waals surface area contributed by atoms with Crippen LogP contribution in [0, 0.1) is 5.92 Å². The van der Waals surface area contributed by atoms with Crippen LogP contribution in [0.15, 0.2) is 84.9 Å². The van der Waals surface area contributed by atoms with Crippen LogP contribution in [0.25, 0.3) is 6.08 Å². The number of anilines is 2. The largest absolute Gasteiger partial charge is 0.273 e. The van der Waals surface area contributed by atoms with E-state index in [1.807, 2.05) is 54.6 Å². The summed E-state index contributed by atoms with van der Waals surface area (Å²) in [5.74, 6) is -1.36. The molecule has 160 valence electrons. The number of carbonyl (C=O) groups excluding carboxylic acids is 2. The summed E-state index contributed by atoms with van der Waals surface area (Å²) in [7, 11) is 0. The summed E-state index contributed by atoms with van der Waals surface area (Å²) in [4.78, 5) is 33.9. The van der Waals surface area contributed by atoms with Gasteiger partial charge in [0.15, 0.2) is 6.10 Å². The van der Waals surface area contributed by atoms with Gasteiger partial charge in [-0.1, -0.05) is 65.7 Å². The van der Waals surface area contributed by atoms with Crippen LogP contribution in [-0.2, 0) is 14.4 Å². The summed E-state index contributed by atoms with van der Waals surface area (Å²) in [6, 6.07) is 23.0. The minimum absolute atomic E-state index is 0.300. The molecule has 2 saturated heterocycles. The molecule has 2 fully saturated rings. The van der Waals surface area contributed by atoms with E-state index in [1.165, 1.54) is 4.90 Å². The Kier molecular flexibility index (Phi) is 5.47. The summed E-state index contributed by atoms with van der Waals surface area (Å²) in [5, 5.41) is 2.83. The van der Waals surface area contributed by atoms with Gasteiger partial charge in [-0.15, -0.1) is 0 Å². The van der Waals surface area contributed by atoms with Gasteiger partial charge in [-0.3, -0.25) is 14.4 Å². The average Bonchev–Trinajstić information content (AvgIpc) is 3.30.